The van der Waals surface area contributed by atoms with Crippen molar-refractivity contribution >= 4 is 17.2 Å². The molecule has 1 saturated carbocycles. The minimum atomic E-state index is -0.540. The summed E-state index contributed by atoms with van der Waals surface area (Å²) in [7, 11) is 0. The predicted molar refractivity (Wildman–Crippen MR) is 93.5 cm³/mol. The van der Waals surface area contributed by atoms with Crippen LogP contribution in [-0.2, 0) is 4.79 Å². The number of carbonyl (C=O) groups excluding carboxylic acids is 1. The first kappa shape index (κ1) is 16.2. The van der Waals surface area contributed by atoms with Crippen molar-refractivity contribution in [2.75, 3.05) is 0 Å². The number of aliphatic hydroxyl groups is 1. The fourth-order valence-corrected chi connectivity index (χ4v) is 4.06. The Morgan fingerprint density at radius 2 is 2.04 bits per heavy atom. The molecule has 0 aliphatic heterocycles. The van der Waals surface area contributed by atoms with Crippen LogP contribution in [0.2, 0.25) is 0 Å². The molecule has 1 aliphatic rings. The highest BCUT2D eigenvalue weighted by molar-refractivity contribution is 7.12. The molecule has 0 radical (unpaired) electrons. The molecule has 1 amide bonds. The van der Waals surface area contributed by atoms with Crippen molar-refractivity contribution in [2.45, 2.75) is 44.8 Å². The molecule has 1 heterocycles. The van der Waals surface area contributed by atoms with E-state index in [4.69, 9.17) is 0 Å². The molecule has 4 heteroatoms. The van der Waals surface area contributed by atoms with Crippen molar-refractivity contribution in [2.24, 2.45) is 5.92 Å². The van der Waals surface area contributed by atoms with E-state index in [1.54, 1.807) is 11.3 Å². The van der Waals surface area contributed by atoms with Crippen molar-refractivity contribution in [1.29, 1.82) is 0 Å². The van der Waals surface area contributed by atoms with Gasteiger partial charge in [0.2, 0.25) is 5.91 Å². The van der Waals surface area contributed by atoms with Crippen LogP contribution in [0.4, 0.5) is 0 Å². The molecule has 4 unspecified atom stereocenters. The highest BCUT2D eigenvalue weighted by Crippen LogP contribution is 2.49. The predicted octanol–water partition coefficient (Wildman–Crippen LogP) is 3.79. The van der Waals surface area contributed by atoms with Crippen molar-refractivity contribution in [1.82, 2.24) is 5.32 Å². The number of aliphatic hydroxyl groups excluding tert-OH is 1. The first-order chi connectivity index (χ1) is 11.0. The second-order valence-electron chi connectivity index (χ2n) is 6.47. The number of thiophene rings is 1. The van der Waals surface area contributed by atoms with E-state index in [-0.39, 0.29) is 17.9 Å². The van der Waals surface area contributed by atoms with Crippen LogP contribution in [0.1, 0.15) is 47.1 Å². The van der Waals surface area contributed by atoms with Crippen molar-refractivity contribution < 1.29 is 9.90 Å². The summed E-state index contributed by atoms with van der Waals surface area (Å²) in [6.45, 7) is 4.05. The first-order valence-electron chi connectivity index (χ1n) is 8.14. The van der Waals surface area contributed by atoms with E-state index in [2.05, 4.69) is 24.4 Å². The molecule has 0 spiro atoms. The van der Waals surface area contributed by atoms with E-state index in [0.717, 1.165) is 12.0 Å². The van der Waals surface area contributed by atoms with Gasteiger partial charge in [-0.15, -0.1) is 11.3 Å². The van der Waals surface area contributed by atoms with Gasteiger partial charge >= 0.3 is 0 Å². The van der Waals surface area contributed by atoms with Gasteiger partial charge < -0.3 is 10.4 Å². The molecular formula is C19H23NO2S. The fourth-order valence-electron chi connectivity index (χ4n) is 3.01. The van der Waals surface area contributed by atoms with Gasteiger partial charge in [0.15, 0.2) is 0 Å². The molecule has 1 aromatic carbocycles. The zero-order valence-corrected chi connectivity index (χ0v) is 14.3. The number of benzene rings is 1. The molecule has 23 heavy (non-hydrogen) atoms. The molecule has 2 N–H and O–H groups in total. The van der Waals surface area contributed by atoms with E-state index in [0.29, 0.717) is 12.3 Å². The lowest BCUT2D eigenvalue weighted by Crippen LogP contribution is -2.35. The molecule has 4 atom stereocenters. The summed E-state index contributed by atoms with van der Waals surface area (Å²) in [5.74, 6) is 0.609. The van der Waals surface area contributed by atoms with E-state index in [9.17, 15) is 9.90 Å². The molecule has 3 rings (SSSR count). The zero-order valence-electron chi connectivity index (χ0n) is 13.5. The van der Waals surface area contributed by atoms with E-state index >= 15 is 0 Å². The van der Waals surface area contributed by atoms with Gasteiger partial charge in [0.25, 0.3) is 0 Å². The SMILES string of the molecule is Cc1ccc(C2CC2C(=O)NC(C)CC(O)c2ccccc2)s1. The Bertz CT molecular complexity index is 667. The average Bonchev–Trinajstić information content (AvgIpc) is 3.23. The normalized spacial score (nSPS) is 22.4. The third-order valence-electron chi connectivity index (χ3n) is 4.40. The molecule has 3 nitrogen and oxygen atoms in total. The summed E-state index contributed by atoms with van der Waals surface area (Å²) in [5.41, 5.74) is 0.895. The summed E-state index contributed by atoms with van der Waals surface area (Å²) in [6, 6.07) is 13.8. The largest absolute Gasteiger partial charge is 0.388 e. The van der Waals surface area contributed by atoms with Gasteiger partial charge in [0, 0.05) is 27.6 Å². The number of rotatable bonds is 6. The minimum Gasteiger partial charge on any atom is -0.388 e. The number of aryl methyl sites for hydroxylation is 1. The summed E-state index contributed by atoms with van der Waals surface area (Å²) < 4.78 is 0. The number of hydrogen-bond donors (Lipinski definition) is 2. The van der Waals surface area contributed by atoms with E-state index in [1.165, 1.54) is 9.75 Å². The standard InChI is InChI=1S/C19H23NO2S/c1-12(10-17(21)14-6-4-3-5-7-14)20-19(22)16-11-15(16)18-9-8-13(2)23-18/h3-9,12,15-17,21H,10-11H2,1-2H3,(H,20,22). The van der Waals surface area contributed by atoms with Crippen LogP contribution in [0.25, 0.3) is 0 Å². The number of amides is 1. The molecule has 0 bridgehead atoms. The summed E-state index contributed by atoms with van der Waals surface area (Å²) >= 11 is 1.79. The van der Waals surface area contributed by atoms with Gasteiger partial charge in [-0.05, 0) is 44.4 Å². The molecule has 0 saturated heterocycles. The molecule has 1 aromatic heterocycles. The first-order valence-corrected chi connectivity index (χ1v) is 8.96. The average molecular weight is 329 g/mol. The molecule has 1 fully saturated rings. The molecular weight excluding hydrogens is 306 g/mol. The van der Waals surface area contributed by atoms with Crippen LogP contribution in [-0.4, -0.2) is 17.1 Å². The minimum absolute atomic E-state index is 0.0379. The highest BCUT2D eigenvalue weighted by Gasteiger charge is 2.44. The Hall–Kier alpha value is -1.65. The van der Waals surface area contributed by atoms with Crippen molar-refractivity contribution in [3.8, 4) is 0 Å². The highest BCUT2D eigenvalue weighted by atomic mass is 32.1. The maximum Gasteiger partial charge on any atom is 0.223 e. The second-order valence-corrected chi connectivity index (χ2v) is 7.79. The van der Waals surface area contributed by atoms with Gasteiger partial charge in [-0.3, -0.25) is 4.79 Å². The topological polar surface area (TPSA) is 49.3 Å². The monoisotopic (exact) mass is 329 g/mol. The van der Waals surface area contributed by atoms with Crippen molar-refractivity contribution in [3.05, 3.63) is 57.8 Å². The Morgan fingerprint density at radius 1 is 1.30 bits per heavy atom. The van der Waals surface area contributed by atoms with Crippen LogP contribution in [0.5, 0.6) is 0 Å². The van der Waals surface area contributed by atoms with Crippen LogP contribution in [0, 0.1) is 12.8 Å². The fraction of sp³-hybridized carbons (Fsp3) is 0.421. The van der Waals surface area contributed by atoms with E-state index in [1.807, 2.05) is 37.3 Å². The number of carbonyl (C=O) groups is 1. The summed E-state index contributed by atoms with van der Waals surface area (Å²) in [4.78, 5) is 15.0. The van der Waals surface area contributed by atoms with Gasteiger partial charge in [0.1, 0.15) is 0 Å². The van der Waals surface area contributed by atoms with Crippen LogP contribution in [0.3, 0.4) is 0 Å². The Labute approximate surface area is 141 Å². The van der Waals surface area contributed by atoms with Gasteiger partial charge in [-0.1, -0.05) is 30.3 Å². The Kier molecular flexibility index (Phi) is 4.83. The Morgan fingerprint density at radius 3 is 2.70 bits per heavy atom. The van der Waals surface area contributed by atoms with E-state index < -0.39 is 6.10 Å². The maximum absolute atomic E-state index is 12.3. The quantitative estimate of drug-likeness (QED) is 0.847. The van der Waals surface area contributed by atoms with Gasteiger partial charge in [0.05, 0.1) is 6.10 Å². The lowest BCUT2D eigenvalue weighted by atomic mass is 10.0. The second kappa shape index (κ2) is 6.85. The van der Waals surface area contributed by atoms with Gasteiger partial charge in [-0.2, -0.15) is 0 Å². The smallest absolute Gasteiger partial charge is 0.223 e. The molecule has 1 aliphatic carbocycles. The third-order valence-corrected chi connectivity index (χ3v) is 5.54. The lowest BCUT2D eigenvalue weighted by molar-refractivity contribution is -0.123. The molecule has 2 aromatic rings. The van der Waals surface area contributed by atoms with Crippen LogP contribution in [0.15, 0.2) is 42.5 Å². The van der Waals surface area contributed by atoms with Crippen LogP contribution >= 0.6 is 11.3 Å². The van der Waals surface area contributed by atoms with Gasteiger partial charge in [-0.25, -0.2) is 0 Å². The maximum atomic E-state index is 12.3. The van der Waals surface area contributed by atoms with Crippen molar-refractivity contribution in [3.63, 3.8) is 0 Å². The lowest BCUT2D eigenvalue weighted by Gasteiger charge is -2.18. The third kappa shape index (κ3) is 4.01. The summed E-state index contributed by atoms with van der Waals surface area (Å²) in [5, 5.41) is 13.3. The number of hydrogen-bond acceptors (Lipinski definition) is 3. The van der Waals surface area contributed by atoms with Crippen LogP contribution < -0.4 is 5.32 Å². The Balaban J connectivity index is 1.49. The molecule has 122 valence electrons. The number of nitrogens with one attached hydrogen (secondary N) is 1. The summed E-state index contributed by atoms with van der Waals surface area (Å²) in [6.07, 6.45) is 0.937. The zero-order chi connectivity index (χ0) is 16.4.